The number of nitrogens with zero attached hydrogens (tertiary/aromatic N) is 3. The molecule has 0 saturated carbocycles. The molecule has 0 aliphatic heterocycles. The van der Waals surface area contributed by atoms with Crippen molar-refractivity contribution in [3.8, 4) is 11.8 Å². The molecule has 1 aromatic heterocycles. The first kappa shape index (κ1) is 13.2. The van der Waals surface area contributed by atoms with Crippen molar-refractivity contribution in [1.82, 2.24) is 4.57 Å². The molecular formula is C13H14N4OS. The number of rotatable bonds is 3. The molecule has 98 valence electrons. The summed E-state index contributed by atoms with van der Waals surface area (Å²) in [5.41, 5.74) is 6.87. The lowest BCUT2D eigenvalue weighted by Crippen LogP contribution is -2.13. The number of ether oxygens (including phenoxy) is 1. The van der Waals surface area contributed by atoms with E-state index in [4.69, 9.17) is 15.7 Å². The molecule has 0 atom stereocenters. The number of benzene rings is 1. The summed E-state index contributed by atoms with van der Waals surface area (Å²) in [5.74, 6) is 1.28. The van der Waals surface area contributed by atoms with Crippen molar-refractivity contribution in [3.05, 3.63) is 39.5 Å². The fourth-order valence-electron chi connectivity index (χ4n) is 1.58. The van der Waals surface area contributed by atoms with Gasteiger partial charge in [-0.25, -0.2) is 0 Å². The first-order valence-corrected chi connectivity index (χ1v) is 6.46. The zero-order valence-electron chi connectivity index (χ0n) is 10.8. The molecule has 0 fully saturated rings. The van der Waals surface area contributed by atoms with Crippen molar-refractivity contribution in [2.24, 2.45) is 12.0 Å². The first-order chi connectivity index (χ1) is 9.15. The lowest BCUT2D eigenvalue weighted by Gasteiger charge is -2.00. The molecule has 0 saturated heterocycles. The van der Waals surface area contributed by atoms with E-state index in [1.165, 1.54) is 11.3 Å². The largest absolute Gasteiger partial charge is 0.497 e. The maximum atomic E-state index is 8.91. The van der Waals surface area contributed by atoms with Crippen molar-refractivity contribution in [2.45, 2.75) is 6.54 Å². The highest BCUT2D eigenvalue weighted by atomic mass is 32.1. The van der Waals surface area contributed by atoms with Crippen molar-refractivity contribution < 1.29 is 4.74 Å². The number of anilines is 1. The molecule has 0 spiro atoms. The predicted octanol–water partition coefficient (Wildman–Crippen LogP) is 1.65. The molecule has 0 amide bonds. The maximum absolute atomic E-state index is 8.91. The van der Waals surface area contributed by atoms with Crippen LogP contribution in [0.3, 0.4) is 0 Å². The molecule has 2 N–H and O–H groups in total. The first-order valence-electron chi connectivity index (χ1n) is 5.64. The smallest absolute Gasteiger partial charge is 0.187 e. The third-order valence-electron chi connectivity index (χ3n) is 2.73. The summed E-state index contributed by atoms with van der Waals surface area (Å²) >= 11 is 1.30. The quantitative estimate of drug-likeness (QED) is 0.924. The van der Waals surface area contributed by atoms with Gasteiger partial charge in [-0.1, -0.05) is 23.5 Å². The predicted molar refractivity (Wildman–Crippen MR) is 74.7 cm³/mol. The van der Waals surface area contributed by atoms with Gasteiger partial charge in [0.15, 0.2) is 4.80 Å². The highest BCUT2D eigenvalue weighted by Gasteiger charge is 2.06. The Morgan fingerprint density at radius 3 is 2.63 bits per heavy atom. The molecule has 5 nitrogen and oxygen atoms in total. The molecule has 19 heavy (non-hydrogen) atoms. The van der Waals surface area contributed by atoms with E-state index >= 15 is 0 Å². The Kier molecular flexibility index (Phi) is 3.88. The Morgan fingerprint density at radius 1 is 1.42 bits per heavy atom. The van der Waals surface area contributed by atoms with Crippen LogP contribution in [0, 0.1) is 11.3 Å². The van der Waals surface area contributed by atoms with Crippen molar-refractivity contribution >= 4 is 17.2 Å². The molecular weight excluding hydrogens is 260 g/mol. The zero-order chi connectivity index (χ0) is 13.8. The third kappa shape index (κ3) is 2.77. The Hall–Kier alpha value is -2.26. The Balaban J connectivity index is 2.25. The number of methoxy groups -OCH3 is 1. The minimum atomic E-state index is 0.459. The second-order valence-corrected chi connectivity index (χ2v) is 4.91. The van der Waals surface area contributed by atoms with Gasteiger partial charge in [-0.2, -0.15) is 5.26 Å². The number of nitrogen functional groups attached to an aromatic ring is 1. The molecule has 6 heteroatoms. The van der Waals surface area contributed by atoms with E-state index in [1.54, 1.807) is 18.7 Å². The summed E-state index contributed by atoms with van der Waals surface area (Å²) in [6, 6.07) is 9.79. The molecule has 2 rings (SSSR count). The molecule has 0 unspecified atom stereocenters. The SMILES string of the molecule is COc1ccc(CN=c2sc(C#N)c(N)n2C)cc1. The van der Waals surface area contributed by atoms with Gasteiger partial charge in [-0.3, -0.25) is 4.99 Å². The maximum Gasteiger partial charge on any atom is 0.187 e. The summed E-state index contributed by atoms with van der Waals surface area (Å²) < 4.78 is 6.83. The zero-order valence-corrected chi connectivity index (χ0v) is 11.6. The molecule has 0 bridgehead atoms. The number of hydrogen-bond acceptors (Lipinski definition) is 5. The minimum absolute atomic E-state index is 0.459. The average Bonchev–Trinajstić information content (AvgIpc) is 2.73. The number of hydrogen-bond donors (Lipinski definition) is 1. The summed E-state index contributed by atoms with van der Waals surface area (Å²) in [5, 5.41) is 8.91. The van der Waals surface area contributed by atoms with Crippen molar-refractivity contribution in [1.29, 1.82) is 5.26 Å². The number of nitriles is 1. The second-order valence-electron chi connectivity index (χ2n) is 3.93. The van der Waals surface area contributed by atoms with E-state index in [0.717, 1.165) is 16.1 Å². The van der Waals surface area contributed by atoms with E-state index in [-0.39, 0.29) is 0 Å². The lowest BCUT2D eigenvalue weighted by atomic mass is 10.2. The van der Waals surface area contributed by atoms with Crippen LogP contribution in [0.4, 0.5) is 5.82 Å². The van der Waals surface area contributed by atoms with Gasteiger partial charge in [0.2, 0.25) is 0 Å². The van der Waals surface area contributed by atoms with Crippen LogP contribution in [0.1, 0.15) is 10.4 Å². The molecule has 1 heterocycles. The fraction of sp³-hybridized carbons (Fsp3) is 0.231. The molecule has 2 aromatic rings. The minimum Gasteiger partial charge on any atom is -0.497 e. The summed E-state index contributed by atoms with van der Waals surface area (Å²) in [6.45, 7) is 0.544. The van der Waals surface area contributed by atoms with Crippen LogP contribution >= 0.6 is 11.3 Å². The second kappa shape index (κ2) is 5.59. The van der Waals surface area contributed by atoms with Gasteiger partial charge in [0.1, 0.15) is 22.5 Å². The number of aromatic nitrogens is 1. The summed E-state index contributed by atoms with van der Waals surface area (Å²) in [7, 11) is 3.44. The van der Waals surface area contributed by atoms with Crippen molar-refractivity contribution in [2.75, 3.05) is 12.8 Å². The number of nitrogens with two attached hydrogens (primary N) is 1. The molecule has 1 aromatic carbocycles. The summed E-state index contributed by atoms with van der Waals surface area (Å²) in [4.78, 5) is 5.71. The molecule has 0 aliphatic rings. The lowest BCUT2D eigenvalue weighted by molar-refractivity contribution is 0.414. The van der Waals surface area contributed by atoms with E-state index in [0.29, 0.717) is 17.2 Å². The normalized spacial score (nSPS) is 11.3. The van der Waals surface area contributed by atoms with Crippen molar-refractivity contribution in [3.63, 3.8) is 0 Å². The highest BCUT2D eigenvalue weighted by Crippen LogP contribution is 2.13. The topological polar surface area (TPSA) is 76.3 Å². The van der Waals surface area contributed by atoms with Crippen LogP contribution in [0.2, 0.25) is 0 Å². The van der Waals surface area contributed by atoms with Crippen LogP contribution in [-0.4, -0.2) is 11.7 Å². The standard InChI is InChI=1S/C13H14N4OS/c1-17-12(15)11(7-14)19-13(17)16-8-9-3-5-10(18-2)6-4-9/h3-6H,8,15H2,1-2H3. The molecule has 0 radical (unpaired) electrons. The van der Waals surface area contributed by atoms with Gasteiger partial charge in [-0.05, 0) is 17.7 Å². The monoisotopic (exact) mass is 274 g/mol. The van der Waals surface area contributed by atoms with Crippen LogP contribution in [-0.2, 0) is 13.6 Å². The van der Waals surface area contributed by atoms with Gasteiger partial charge < -0.3 is 15.0 Å². The van der Waals surface area contributed by atoms with Crippen LogP contribution < -0.4 is 15.3 Å². The Morgan fingerprint density at radius 2 is 2.11 bits per heavy atom. The van der Waals surface area contributed by atoms with E-state index < -0.39 is 0 Å². The summed E-state index contributed by atoms with van der Waals surface area (Å²) in [6.07, 6.45) is 0. The number of thiazole rings is 1. The van der Waals surface area contributed by atoms with Gasteiger partial charge >= 0.3 is 0 Å². The third-order valence-corrected chi connectivity index (χ3v) is 3.82. The Bertz CT molecular complexity index is 676. The average molecular weight is 274 g/mol. The van der Waals surface area contributed by atoms with E-state index in [2.05, 4.69) is 11.1 Å². The molecule has 0 aliphatic carbocycles. The van der Waals surface area contributed by atoms with Crippen LogP contribution in [0.15, 0.2) is 29.3 Å². The van der Waals surface area contributed by atoms with Gasteiger partial charge in [0.05, 0.1) is 13.7 Å². The fourth-order valence-corrected chi connectivity index (χ4v) is 2.41. The van der Waals surface area contributed by atoms with Gasteiger partial charge in [0.25, 0.3) is 0 Å². The highest BCUT2D eigenvalue weighted by molar-refractivity contribution is 7.10. The van der Waals surface area contributed by atoms with E-state index in [9.17, 15) is 0 Å². The van der Waals surface area contributed by atoms with E-state index in [1.807, 2.05) is 24.3 Å². The van der Waals surface area contributed by atoms with Crippen LogP contribution in [0.5, 0.6) is 5.75 Å². The van der Waals surface area contributed by atoms with Gasteiger partial charge in [0, 0.05) is 7.05 Å². The Labute approximate surface area is 115 Å². The van der Waals surface area contributed by atoms with Crippen LogP contribution in [0.25, 0.3) is 0 Å². The van der Waals surface area contributed by atoms with Gasteiger partial charge in [-0.15, -0.1) is 0 Å².